The first-order chi connectivity index (χ1) is 7.65. The van der Waals surface area contributed by atoms with Gasteiger partial charge in [0.2, 0.25) is 0 Å². The summed E-state index contributed by atoms with van der Waals surface area (Å²) < 4.78 is 2.36. The van der Waals surface area contributed by atoms with Crippen LogP contribution in [-0.4, -0.2) is 36.7 Å². The predicted octanol–water partition coefficient (Wildman–Crippen LogP) is 2.11. The summed E-state index contributed by atoms with van der Waals surface area (Å²) in [6, 6.07) is 4.79. The van der Waals surface area contributed by atoms with Crippen LogP contribution in [0.1, 0.15) is 32.0 Å². The van der Waals surface area contributed by atoms with Gasteiger partial charge in [0.25, 0.3) is 0 Å². The lowest BCUT2D eigenvalue weighted by molar-refractivity contribution is 0.383. The average Bonchev–Trinajstić information content (AvgIpc) is 2.66. The normalized spacial score (nSPS) is 13.3. The molecule has 1 rings (SSSR count). The van der Waals surface area contributed by atoms with Crippen molar-refractivity contribution < 1.29 is 0 Å². The van der Waals surface area contributed by atoms with Gasteiger partial charge in [-0.25, -0.2) is 0 Å². The van der Waals surface area contributed by atoms with Gasteiger partial charge in [0.15, 0.2) is 0 Å². The topological polar surface area (TPSA) is 20.2 Å². The summed E-state index contributed by atoms with van der Waals surface area (Å²) in [6.45, 7) is 7.64. The van der Waals surface area contributed by atoms with Gasteiger partial charge in [-0.15, -0.1) is 0 Å². The zero-order chi connectivity index (χ0) is 12.0. The second-order valence-corrected chi connectivity index (χ2v) is 4.56. The number of nitrogens with one attached hydrogen (secondary N) is 1. The van der Waals surface area contributed by atoms with Crippen molar-refractivity contribution in [2.75, 3.05) is 27.2 Å². The maximum atomic E-state index is 3.46. The first-order valence-electron chi connectivity index (χ1n) is 6.18. The Morgan fingerprint density at radius 1 is 1.44 bits per heavy atom. The Labute approximate surface area is 99.4 Å². The molecule has 0 saturated carbocycles. The Morgan fingerprint density at radius 3 is 2.81 bits per heavy atom. The van der Waals surface area contributed by atoms with Crippen LogP contribution in [0.3, 0.4) is 0 Å². The molecule has 0 fully saturated rings. The summed E-state index contributed by atoms with van der Waals surface area (Å²) in [5, 5.41) is 3.46. The molecule has 0 aliphatic carbocycles. The van der Waals surface area contributed by atoms with Crippen molar-refractivity contribution >= 4 is 0 Å². The molecule has 92 valence electrons. The minimum atomic E-state index is 0.444. The van der Waals surface area contributed by atoms with E-state index in [4.69, 9.17) is 0 Å². The van der Waals surface area contributed by atoms with Crippen molar-refractivity contribution in [1.29, 1.82) is 0 Å². The molecule has 1 aromatic rings. The highest BCUT2D eigenvalue weighted by Crippen LogP contribution is 2.13. The van der Waals surface area contributed by atoms with E-state index in [-0.39, 0.29) is 0 Å². The fourth-order valence-corrected chi connectivity index (χ4v) is 1.99. The van der Waals surface area contributed by atoms with Gasteiger partial charge in [-0.2, -0.15) is 0 Å². The highest BCUT2D eigenvalue weighted by atomic mass is 15.1. The molecule has 0 amide bonds. The first-order valence-corrected chi connectivity index (χ1v) is 6.18. The van der Waals surface area contributed by atoms with E-state index in [1.54, 1.807) is 0 Å². The van der Waals surface area contributed by atoms with Crippen LogP contribution < -0.4 is 5.32 Å². The van der Waals surface area contributed by atoms with E-state index < -0.39 is 0 Å². The van der Waals surface area contributed by atoms with Gasteiger partial charge in [-0.05, 0) is 52.7 Å². The van der Waals surface area contributed by atoms with Gasteiger partial charge < -0.3 is 14.8 Å². The smallest absolute Gasteiger partial charge is 0.0446 e. The standard InChI is InChI=1S/C13H25N3/c1-5-14-12(2)13-8-6-10-16(13)11-7-9-15(3)4/h6,8,10,12,14H,5,7,9,11H2,1-4H3. The highest BCUT2D eigenvalue weighted by molar-refractivity contribution is 5.11. The number of aryl methyl sites for hydroxylation is 1. The van der Waals surface area contributed by atoms with Crippen LogP contribution in [-0.2, 0) is 6.54 Å². The molecule has 0 saturated heterocycles. The summed E-state index contributed by atoms with van der Waals surface area (Å²) in [5.74, 6) is 0. The molecule has 0 aliphatic rings. The molecule has 0 aromatic carbocycles. The Kier molecular flexibility index (Phi) is 5.56. The van der Waals surface area contributed by atoms with Gasteiger partial charge in [-0.1, -0.05) is 6.92 Å². The lowest BCUT2D eigenvalue weighted by atomic mass is 10.2. The summed E-state index contributed by atoms with van der Waals surface area (Å²) >= 11 is 0. The van der Waals surface area contributed by atoms with E-state index in [0.29, 0.717) is 6.04 Å². The monoisotopic (exact) mass is 223 g/mol. The molecule has 1 atom stereocenters. The minimum absolute atomic E-state index is 0.444. The number of rotatable bonds is 7. The van der Waals surface area contributed by atoms with Gasteiger partial charge in [-0.3, -0.25) is 0 Å². The van der Waals surface area contributed by atoms with Crippen LogP contribution in [0.15, 0.2) is 18.3 Å². The molecule has 0 radical (unpaired) electrons. The van der Waals surface area contributed by atoms with E-state index in [1.807, 2.05) is 0 Å². The Hall–Kier alpha value is -0.800. The van der Waals surface area contributed by atoms with Gasteiger partial charge in [0.05, 0.1) is 0 Å². The second-order valence-electron chi connectivity index (χ2n) is 4.56. The van der Waals surface area contributed by atoms with Gasteiger partial charge >= 0.3 is 0 Å². The number of hydrogen-bond acceptors (Lipinski definition) is 2. The minimum Gasteiger partial charge on any atom is -0.350 e. The average molecular weight is 223 g/mol. The van der Waals surface area contributed by atoms with Crippen LogP contribution in [0.2, 0.25) is 0 Å². The molecule has 16 heavy (non-hydrogen) atoms. The first kappa shape index (κ1) is 13.3. The fourth-order valence-electron chi connectivity index (χ4n) is 1.99. The van der Waals surface area contributed by atoms with Crippen molar-refractivity contribution in [3.63, 3.8) is 0 Å². The zero-order valence-electron chi connectivity index (χ0n) is 11.0. The molecule has 0 bridgehead atoms. The predicted molar refractivity (Wildman–Crippen MR) is 69.7 cm³/mol. The van der Waals surface area contributed by atoms with E-state index >= 15 is 0 Å². The van der Waals surface area contributed by atoms with Crippen LogP contribution in [0.5, 0.6) is 0 Å². The molecule has 0 aliphatic heterocycles. The van der Waals surface area contributed by atoms with Crippen molar-refractivity contribution in [3.05, 3.63) is 24.0 Å². The lowest BCUT2D eigenvalue weighted by Gasteiger charge is -2.17. The molecular weight excluding hydrogens is 198 g/mol. The van der Waals surface area contributed by atoms with Crippen LogP contribution in [0.25, 0.3) is 0 Å². The summed E-state index contributed by atoms with van der Waals surface area (Å²) in [5.41, 5.74) is 1.39. The largest absolute Gasteiger partial charge is 0.350 e. The van der Waals surface area contributed by atoms with E-state index in [0.717, 1.165) is 19.6 Å². The molecule has 3 nitrogen and oxygen atoms in total. The molecule has 1 heterocycles. The quantitative estimate of drug-likeness (QED) is 0.764. The number of hydrogen-bond donors (Lipinski definition) is 1. The molecule has 1 unspecified atom stereocenters. The SMILES string of the molecule is CCNC(C)c1cccn1CCCN(C)C. The number of nitrogens with zero attached hydrogens (tertiary/aromatic N) is 2. The molecule has 1 aromatic heterocycles. The van der Waals surface area contributed by atoms with Crippen molar-refractivity contribution in [1.82, 2.24) is 14.8 Å². The van der Waals surface area contributed by atoms with Gasteiger partial charge in [0, 0.05) is 24.5 Å². The molecule has 0 spiro atoms. The van der Waals surface area contributed by atoms with Crippen LogP contribution >= 0.6 is 0 Å². The Morgan fingerprint density at radius 2 is 2.19 bits per heavy atom. The van der Waals surface area contributed by atoms with Crippen LogP contribution in [0, 0.1) is 0 Å². The molecule has 1 N–H and O–H groups in total. The fraction of sp³-hybridized carbons (Fsp3) is 0.692. The van der Waals surface area contributed by atoms with Crippen molar-refractivity contribution in [2.24, 2.45) is 0 Å². The molecular formula is C13H25N3. The van der Waals surface area contributed by atoms with Crippen molar-refractivity contribution in [2.45, 2.75) is 32.9 Å². The lowest BCUT2D eigenvalue weighted by Crippen LogP contribution is -2.21. The maximum absolute atomic E-state index is 3.46. The zero-order valence-corrected chi connectivity index (χ0v) is 11.0. The Balaban J connectivity index is 2.50. The third kappa shape index (κ3) is 3.99. The van der Waals surface area contributed by atoms with Crippen molar-refractivity contribution in [3.8, 4) is 0 Å². The maximum Gasteiger partial charge on any atom is 0.0446 e. The second kappa shape index (κ2) is 6.71. The highest BCUT2D eigenvalue weighted by Gasteiger charge is 2.08. The molecule has 3 heteroatoms. The van der Waals surface area contributed by atoms with E-state index in [2.05, 4.69) is 61.1 Å². The van der Waals surface area contributed by atoms with Crippen LogP contribution in [0.4, 0.5) is 0 Å². The summed E-state index contributed by atoms with van der Waals surface area (Å²) in [4.78, 5) is 2.23. The summed E-state index contributed by atoms with van der Waals surface area (Å²) in [6.07, 6.45) is 3.38. The third-order valence-electron chi connectivity index (χ3n) is 2.82. The van der Waals surface area contributed by atoms with Gasteiger partial charge in [0.1, 0.15) is 0 Å². The van der Waals surface area contributed by atoms with E-state index in [9.17, 15) is 0 Å². The Bertz CT molecular complexity index is 291. The van der Waals surface area contributed by atoms with E-state index in [1.165, 1.54) is 12.1 Å². The third-order valence-corrected chi connectivity index (χ3v) is 2.82. The number of aromatic nitrogens is 1. The summed E-state index contributed by atoms with van der Waals surface area (Å²) in [7, 11) is 4.25.